The first-order valence-electron chi connectivity index (χ1n) is 7.23. The van der Waals surface area contributed by atoms with E-state index in [0.717, 1.165) is 31.5 Å². The summed E-state index contributed by atoms with van der Waals surface area (Å²) in [5.41, 5.74) is 6.24. The summed E-state index contributed by atoms with van der Waals surface area (Å²) in [6.07, 6.45) is 2.03. The molecule has 1 saturated heterocycles. The van der Waals surface area contributed by atoms with Crippen molar-refractivity contribution in [1.29, 1.82) is 0 Å². The number of hydrogen-bond acceptors (Lipinski definition) is 3. The predicted molar refractivity (Wildman–Crippen MR) is 95.8 cm³/mol. The van der Waals surface area contributed by atoms with E-state index in [-0.39, 0.29) is 30.7 Å². The van der Waals surface area contributed by atoms with Gasteiger partial charge in [0.15, 0.2) is 0 Å². The molecule has 1 aliphatic rings. The Labute approximate surface area is 145 Å². The predicted octanol–water partition coefficient (Wildman–Crippen LogP) is 2.26. The molecular weight excluding hydrogens is 321 g/mol. The number of nitrogens with zero attached hydrogens (tertiary/aromatic N) is 2. The van der Waals surface area contributed by atoms with E-state index in [1.54, 1.807) is 0 Å². The first kappa shape index (κ1) is 21.2. The highest BCUT2D eigenvalue weighted by atomic mass is 35.5. The Morgan fingerprint density at radius 1 is 1.18 bits per heavy atom. The smallest absolute Gasteiger partial charge is 0.246 e. The number of likely N-dealkylation sites (tertiary alicyclic amines) is 1. The summed E-state index contributed by atoms with van der Waals surface area (Å²) in [7, 11) is 4.19. The second-order valence-corrected chi connectivity index (χ2v) is 6.06. The summed E-state index contributed by atoms with van der Waals surface area (Å²) >= 11 is 0. The molecule has 1 atom stereocenters. The lowest BCUT2D eigenvalue weighted by Crippen LogP contribution is -2.54. The maximum Gasteiger partial charge on any atom is 0.246 e. The number of rotatable bonds is 3. The van der Waals surface area contributed by atoms with E-state index in [4.69, 9.17) is 5.73 Å². The maximum atomic E-state index is 12.7. The van der Waals surface area contributed by atoms with Gasteiger partial charge in [-0.3, -0.25) is 4.79 Å². The maximum absolute atomic E-state index is 12.7. The highest BCUT2D eigenvalue weighted by Gasteiger charge is 2.36. The van der Waals surface area contributed by atoms with Gasteiger partial charge in [0, 0.05) is 19.1 Å². The van der Waals surface area contributed by atoms with E-state index >= 15 is 0 Å². The van der Waals surface area contributed by atoms with E-state index in [1.807, 2.05) is 42.2 Å². The minimum atomic E-state index is -0.938. The van der Waals surface area contributed by atoms with Crippen molar-refractivity contribution in [3.63, 3.8) is 0 Å². The summed E-state index contributed by atoms with van der Waals surface area (Å²) in [6, 6.07) is 10.2. The van der Waals surface area contributed by atoms with Crippen LogP contribution in [0.2, 0.25) is 0 Å². The monoisotopic (exact) mass is 347 g/mol. The molecule has 1 aromatic rings. The van der Waals surface area contributed by atoms with Gasteiger partial charge in [-0.05, 0) is 39.4 Å². The molecule has 2 N–H and O–H groups in total. The Morgan fingerprint density at radius 3 is 2.14 bits per heavy atom. The summed E-state index contributed by atoms with van der Waals surface area (Å²) in [6.45, 7) is 3.39. The molecule has 0 aromatic heterocycles. The fraction of sp³-hybridized carbons (Fsp3) is 0.562. The van der Waals surface area contributed by atoms with Gasteiger partial charge in [-0.25, -0.2) is 0 Å². The number of piperidine rings is 1. The lowest BCUT2D eigenvalue weighted by molar-refractivity contribution is -0.138. The van der Waals surface area contributed by atoms with Crippen molar-refractivity contribution in [2.75, 3.05) is 27.2 Å². The van der Waals surface area contributed by atoms with Gasteiger partial charge in [-0.15, -0.1) is 24.8 Å². The van der Waals surface area contributed by atoms with Crippen molar-refractivity contribution in [1.82, 2.24) is 9.80 Å². The van der Waals surface area contributed by atoms with Crippen LogP contribution in [0.25, 0.3) is 0 Å². The average molecular weight is 348 g/mol. The van der Waals surface area contributed by atoms with E-state index < -0.39 is 5.54 Å². The Bertz CT molecular complexity index is 458. The number of halogens is 2. The lowest BCUT2D eigenvalue weighted by atomic mass is 9.90. The van der Waals surface area contributed by atoms with Gasteiger partial charge < -0.3 is 15.5 Å². The molecule has 0 spiro atoms. The molecule has 1 aromatic carbocycles. The molecular formula is C16H27Cl2N3O. The van der Waals surface area contributed by atoms with Crippen LogP contribution in [-0.2, 0) is 10.3 Å². The zero-order chi connectivity index (χ0) is 14.8. The molecule has 1 unspecified atom stereocenters. The van der Waals surface area contributed by atoms with Crippen molar-refractivity contribution in [3.05, 3.63) is 35.9 Å². The molecule has 2 rings (SSSR count). The Balaban J connectivity index is 0.00000220. The summed E-state index contributed by atoms with van der Waals surface area (Å²) in [5.74, 6) is 0.0286. The lowest BCUT2D eigenvalue weighted by Gasteiger charge is -2.38. The Hall–Kier alpha value is -0.810. The quantitative estimate of drug-likeness (QED) is 0.912. The fourth-order valence-corrected chi connectivity index (χ4v) is 2.82. The van der Waals surface area contributed by atoms with Crippen molar-refractivity contribution in [2.45, 2.75) is 31.3 Å². The average Bonchev–Trinajstić information content (AvgIpc) is 2.47. The van der Waals surface area contributed by atoms with Gasteiger partial charge in [-0.1, -0.05) is 30.3 Å². The second-order valence-electron chi connectivity index (χ2n) is 6.06. The third-order valence-electron chi connectivity index (χ3n) is 4.30. The molecule has 6 heteroatoms. The minimum absolute atomic E-state index is 0. The van der Waals surface area contributed by atoms with Crippen molar-refractivity contribution >= 4 is 30.7 Å². The van der Waals surface area contributed by atoms with Gasteiger partial charge in [0.05, 0.1) is 0 Å². The highest BCUT2D eigenvalue weighted by molar-refractivity contribution is 5.87. The summed E-state index contributed by atoms with van der Waals surface area (Å²) in [5, 5.41) is 0. The Morgan fingerprint density at radius 2 is 1.68 bits per heavy atom. The van der Waals surface area contributed by atoms with Gasteiger partial charge in [0.2, 0.25) is 5.91 Å². The van der Waals surface area contributed by atoms with Crippen LogP contribution in [0.15, 0.2) is 30.3 Å². The minimum Gasteiger partial charge on any atom is -0.341 e. The third kappa shape index (κ3) is 4.59. The highest BCUT2D eigenvalue weighted by Crippen LogP contribution is 2.23. The summed E-state index contributed by atoms with van der Waals surface area (Å²) < 4.78 is 0. The molecule has 126 valence electrons. The number of carbonyl (C=O) groups is 1. The SMILES string of the molecule is CN(C)C1CCN(C(=O)C(C)(N)c2ccccc2)CC1.Cl.Cl. The third-order valence-corrected chi connectivity index (χ3v) is 4.30. The molecule has 1 aliphatic heterocycles. The van der Waals surface area contributed by atoms with Crippen molar-refractivity contribution in [3.8, 4) is 0 Å². The molecule has 1 amide bonds. The number of nitrogens with two attached hydrogens (primary N) is 1. The fourth-order valence-electron chi connectivity index (χ4n) is 2.82. The van der Waals surface area contributed by atoms with Crippen molar-refractivity contribution in [2.24, 2.45) is 5.73 Å². The first-order chi connectivity index (χ1) is 9.43. The van der Waals surface area contributed by atoms with E-state index in [9.17, 15) is 4.79 Å². The van der Waals surface area contributed by atoms with Gasteiger partial charge in [0.25, 0.3) is 0 Å². The standard InChI is InChI=1S/C16H25N3O.2ClH/c1-16(17,13-7-5-4-6-8-13)15(20)19-11-9-14(10-12-19)18(2)3;;/h4-8,14H,9-12,17H2,1-3H3;2*1H. The van der Waals surface area contributed by atoms with Crippen LogP contribution in [0.5, 0.6) is 0 Å². The molecule has 0 saturated carbocycles. The van der Waals surface area contributed by atoms with Gasteiger partial charge >= 0.3 is 0 Å². The second kappa shape index (κ2) is 8.73. The molecule has 0 aliphatic carbocycles. The number of hydrogen-bond donors (Lipinski definition) is 1. The summed E-state index contributed by atoms with van der Waals surface area (Å²) in [4.78, 5) is 16.8. The molecule has 1 heterocycles. The zero-order valence-electron chi connectivity index (χ0n) is 13.5. The van der Waals surface area contributed by atoms with E-state index in [0.29, 0.717) is 6.04 Å². The topological polar surface area (TPSA) is 49.6 Å². The largest absolute Gasteiger partial charge is 0.341 e. The van der Waals surface area contributed by atoms with E-state index in [2.05, 4.69) is 19.0 Å². The normalized spacial score (nSPS) is 18.1. The van der Waals surface area contributed by atoms with Crippen LogP contribution in [0.3, 0.4) is 0 Å². The zero-order valence-corrected chi connectivity index (χ0v) is 15.1. The van der Waals surface area contributed by atoms with Gasteiger partial charge in [-0.2, -0.15) is 0 Å². The molecule has 4 nitrogen and oxygen atoms in total. The van der Waals surface area contributed by atoms with Crippen LogP contribution in [0, 0.1) is 0 Å². The van der Waals surface area contributed by atoms with Crippen LogP contribution in [-0.4, -0.2) is 48.9 Å². The van der Waals surface area contributed by atoms with Gasteiger partial charge in [0.1, 0.15) is 5.54 Å². The van der Waals surface area contributed by atoms with Crippen LogP contribution in [0.4, 0.5) is 0 Å². The number of amides is 1. The van der Waals surface area contributed by atoms with Crippen LogP contribution in [0.1, 0.15) is 25.3 Å². The molecule has 22 heavy (non-hydrogen) atoms. The molecule has 0 bridgehead atoms. The van der Waals surface area contributed by atoms with Crippen LogP contribution >= 0.6 is 24.8 Å². The first-order valence-corrected chi connectivity index (χ1v) is 7.23. The number of benzene rings is 1. The Kier molecular flexibility index (Phi) is 8.40. The van der Waals surface area contributed by atoms with E-state index in [1.165, 1.54) is 0 Å². The molecule has 0 radical (unpaired) electrons. The van der Waals surface area contributed by atoms with Crippen LogP contribution < -0.4 is 5.73 Å². The molecule has 1 fully saturated rings. The van der Waals surface area contributed by atoms with Crippen molar-refractivity contribution < 1.29 is 4.79 Å². The number of carbonyl (C=O) groups excluding carboxylic acids is 1.